The molecule has 0 aliphatic carbocycles. The minimum atomic E-state index is 0.605. The van der Waals surface area contributed by atoms with Crippen LogP contribution in [0.2, 0.25) is 0 Å². The molecule has 1 N–H and O–H groups in total. The van der Waals surface area contributed by atoms with Crippen molar-refractivity contribution in [2.24, 2.45) is 0 Å². The topological polar surface area (TPSA) is 25.2 Å². The van der Waals surface area contributed by atoms with Gasteiger partial charge >= 0.3 is 0 Å². The monoisotopic (exact) mass is 215 g/mol. The zero-order valence-electron chi connectivity index (χ0n) is 9.62. The normalized spacial score (nSPS) is 18.1. The van der Waals surface area contributed by atoms with E-state index in [1.54, 1.807) is 0 Å². The minimum Gasteiger partial charge on any atom is -0.460 e. The first-order valence-electron chi connectivity index (χ1n) is 6.05. The lowest BCUT2D eigenvalue weighted by molar-refractivity contribution is 0.395. The standard InChI is InChI=1S/C14H17NO/c1-10-12-4-2-3-5-13(12)16-14(10)11-6-8-15-9-7-11/h2-5,11,15H,6-9H2,1H3. The molecule has 2 nitrogen and oxygen atoms in total. The summed E-state index contributed by atoms with van der Waals surface area (Å²) in [5.74, 6) is 1.82. The van der Waals surface area contributed by atoms with Gasteiger partial charge in [0.25, 0.3) is 0 Å². The zero-order valence-corrected chi connectivity index (χ0v) is 9.62. The highest BCUT2D eigenvalue weighted by molar-refractivity contribution is 5.82. The molecular formula is C14H17NO. The first kappa shape index (κ1) is 9.91. The summed E-state index contributed by atoms with van der Waals surface area (Å²) in [4.78, 5) is 0. The molecule has 2 aromatic rings. The quantitative estimate of drug-likeness (QED) is 0.790. The predicted octanol–water partition coefficient (Wildman–Crippen LogP) is 3.21. The fraction of sp³-hybridized carbons (Fsp3) is 0.429. The van der Waals surface area contributed by atoms with Crippen molar-refractivity contribution in [2.45, 2.75) is 25.7 Å². The molecular weight excluding hydrogens is 198 g/mol. The number of furan rings is 1. The Bertz CT molecular complexity index is 494. The summed E-state index contributed by atoms with van der Waals surface area (Å²) in [6, 6.07) is 8.33. The predicted molar refractivity (Wildman–Crippen MR) is 65.8 cm³/mol. The molecule has 1 saturated heterocycles. The van der Waals surface area contributed by atoms with Crippen LogP contribution < -0.4 is 5.32 Å². The van der Waals surface area contributed by atoms with E-state index in [-0.39, 0.29) is 0 Å². The second-order valence-electron chi connectivity index (χ2n) is 4.61. The van der Waals surface area contributed by atoms with Crippen LogP contribution in [-0.2, 0) is 0 Å². The molecule has 2 heteroatoms. The van der Waals surface area contributed by atoms with Crippen LogP contribution in [0.3, 0.4) is 0 Å². The first-order valence-corrected chi connectivity index (χ1v) is 6.05. The van der Waals surface area contributed by atoms with Crippen molar-refractivity contribution in [2.75, 3.05) is 13.1 Å². The van der Waals surface area contributed by atoms with E-state index in [0.717, 1.165) is 18.7 Å². The lowest BCUT2D eigenvalue weighted by atomic mass is 9.93. The number of para-hydroxylation sites is 1. The van der Waals surface area contributed by atoms with Gasteiger partial charge in [0.1, 0.15) is 11.3 Å². The minimum absolute atomic E-state index is 0.605. The van der Waals surface area contributed by atoms with Crippen molar-refractivity contribution >= 4 is 11.0 Å². The van der Waals surface area contributed by atoms with E-state index in [9.17, 15) is 0 Å². The second-order valence-corrected chi connectivity index (χ2v) is 4.61. The Labute approximate surface area is 95.6 Å². The first-order chi connectivity index (χ1) is 7.86. The summed E-state index contributed by atoms with van der Waals surface area (Å²) in [6.45, 7) is 4.41. The SMILES string of the molecule is Cc1c(C2CCNCC2)oc2ccccc12. The van der Waals surface area contributed by atoms with E-state index < -0.39 is 0 Å². The third-order valence-electron chi connectivity index (χ3n) is 3.59. The number of piperidine rings is 1. The summed E-state index contributed by atoms with van der Waals surface area (Å²) < 4.78 is 6.01. The molecule has 1 aromatic heterocycles. The summed E-state index contributed by atoms with van der Waals surface area (Å²) in [6.07, 6.45) is 2.39. The molecule has 3 rings (SSSR count). The Balaban J connectivity index is 2.05. The van der Waals surface area contributed by atoms with E-state index in [0.29, 0.717) is 5.92 Å². The van der Waals surface area contributed by atoms with Gasteiger partial charge in [0.05, 0.1) is 0 Å². The Hall–Kier alpha value is -1.28. The molecule has 0 atom stereocenters. The largest absolute Gasteiger partial charge is 0.460 e. The Morgan fingerprint density at radius 1 is 1.19 bits per heavy atom. The van der Waals surface area contributed by atoms with Gasteiger partial charge in [-0.2, -0.15) is 0 Å². The van der Waals surface area contributed by atoms with Crippen molar-refractivity contribution in [1.82, 2.24) is 5.32 Å². The van der Waals surface area contributed by atoms with Gasteiger partial charge in [0.15, 0.2) is 0 Å². The number of nitrogens with one attached hydrogen (secondary N) is 1. The van der Waals surface area contributed by atoms with Crippen LogP contribution in [-0.4, -0.2) is 13.1 Å². The highest BCUT2D eigenvalue weighted by Gasteiger charge is 2.21. The van der Waals surface area contributed by atoms with Crippen LogP contribution in [0.1, 0.15) is 30.1 Å². The zero-order chi connectivity index (χ0) is 11.0. The van der Waals surface area contributed by atoms with Crippen LogP contribution >= 0.6 is 0 Å². The number of rotatable bonds is 1. The van der Waals surface area contributed by atoms with Gasteiger partial charge in [0.2, 0.25) is 0 Å². The van der Waals surface area contributed by atoms with Gasteiger partial charge in [-0.3, -0.25) is 0 Å². The maximum atomic E-state index is 6.01. The van der Waals surface area contributed by atoms with Gasteiger partial charge in [0, 0.05) is 11.3 Å². The van der Waals surface area contributed by atoms with Crippen LogP contribution in [0, 0.1) is 6.92 Å². The number of hydrogen-bond donors (Lipinski definition) is 1. The van der Waals surface area contributed by atoms with Crippen molar-refractivity contribution < 1.29 is 4.42 Å². The highest BCUT2D eigenvalue weighted by Crippen LogP contribution is 2.34. The maximum Gasteiger partial charge on any atom is 0.134 e. The van der Waals surface area contributed by atoms with E-state index in [2.05, 4.69) is 30.4 Å². The summed E-state index contributed by atoms with van der Waals surface area (Å²) in [5, 5.41) is 4.67. The van der Waals surface area contributed by atoms with Gasteiger partial charge in [-0.1, -0.05) is 18.2 Å². The van der Waals surface area contributed by atoms with Crippen LogP contribution in [0.5, 0.6) is 0 Å². The summed E-state index contributed by atoms with van der Waals surface area (Å²) in [5.41, 5.74) is 2.37. The molecule has 0 spiro atoms. The third kappa shape index (κ3) is 1.54. The number of fused-ring (bicyclic) bond motifs is 1. The molecule has 1 aromatic carbocycles. The molecule has 0 amide bonds. The fourth-order valence-electron chi connectivity index (χ4n) is 2.67. The Kier molecular flexibility index (Phi) is 2.44. The van der Waals surface area contributed by atoms with Crippen LogP contribution in [0.15, 0.2) is 28.7 Å². The van der Waals surface area contributed by atoms with Crippen LogP contribution in [0.4, 0.5) is 0 Å². The molecule has 0 saturated carbocycles. The van der Waals surface area contributed by atoms with E-state index in [1.807, 2.05) is 6.07 Å². The molecule has 16 heavy (non-hydrogen) atoms. The van der Waals surface area contributed by atoms with Gasteiger partial charge in [-0.15, -0.1) is 0 Å². The van der Waals surface area contributed by atoms with Gasteiger partial charge < -0.3 is 9.73 Å². The lowest BCUT2D eigenvalue weighted by Crippen LogP contribution is -2.26. The van der Waals surface area contributed by atoms with Crippen molar-refractivity contribution in [3.8, 4) is 0 Å². The highest BCUT2D eigenvalue weighted by atomic mass is 16.3. The van der Waals surface area contributed by atoms with E-state index >= 15 is 0 Å². The van der Waals surface area contributed by atoms with Crippen molar-refractivity contribution in [3.05, 3.63) is 35.6 Å². The molecule has 0 radical (unpaired) electrons. The molecule has 0 bridgehead atoms. The fourth-order valence-corrected chi connectivity index (χ4v) is 2.67. The molecule has 2 heterocycles. The Morgan fingerprint density at radius 2 is 1.94 bits per heavy atom. The van der Waals surface area contributed by atoms with Gasteiger partial charge in [-0.05, 0) is 44.5 Å². The second kappa shape index (κ2) is 3.95. The number of benzene rings is 1. The summed E-state index contributed by atoms with van der Waals surface area (Å²) >= 11 is 0. The molecule has 84 valence electrons. The average molecular weight is 215 g/mol. The van der Waals surface area contributed by atoms with Crippen molar-refractivity contribution in [3.63, 3.8) is 0 Å². The van der Waals surface area contributed by atoms with E-state index in [4.69, 9.17) is 4.42 Å². The third-order valence-corrected chi connectivity index (χ3v) is 3.59. The molecule has 1 aliphatic rings. The van der Waals surface area contributed by atoms with Crippen molar-refractivity contribution in [1.29, 1.82) is 0 Å². The molecule has 1 fully saturated rings. The number of aryl methyl sites for hydroxylation is 1. The van der Waals surface area contributed by atoms with Crippen LogP contribution in [0.25, 0.3) is 11.0 Å². The van der Waals surface area contributed by atoms with E-state index in [1.165, 1.54) is 29.6 Å². The molecule has 1 aliphatic heterocycles. The maximum absolute atomic E-state index is 6.01. The van der Waals surface area contributed by atoms with Gasteiger partial charge in [-0.25, -0.2) is 0 Å². The summed E-state index contributed by atoms with van der Waals surface area (Å²) in [7, 11) is 0. The molecule has 0 unspecified atom stereocenters. The average Bonchev–Trinajstić information content (AvgIpc) is 2.69. The number of hydrogen-bond acceptors (Lipinski definition) is 2. The Morgan fingerprint density at radius 3 is 2.69 bits per heavy atom. The lowest BCUT2D eigenvalue weighted by Gasteiger charge is -2.21. The smallest absolute Gasteiger partial charge is 0.134 e.